The van der Waals surface area contributed by atoms with Crippen molar-refractivity contribution in [1.82, 2.24) is 9.97 Å². The Balaban J connectivity index is 2.64. The van der Waals surface area contributed by atoms with Crippen LogP contribution in [-0.2, 0) is 0 Å². The first-order chi connectivity index (χ1) is 7.36. The molecule has 0 fully saturated rings. The fourth-order valence-corrected chi connectivity index (χ4v) is 1.83. The van der Waals surface area contributed by atoms with Gasteiger partial charge in [0, 0.05) is 34.2 Å². The maximum atomic E-state index is 5.97. The molecular formula is C12H9N3. The monoisotopic (exact) mass is 195 g/mol. The summed E-state index contributed by atoms with van der Waals surface area (Å²) >= 11 is 0. The van der Waals surface area contributed by atoms with Gasteiger partial charge < -0.3 is 5.73 Å². The van der Waals surface area contributed by atoms with Crippen molar-refractivity contribution in [2.75, 3.05) is 5.73 Å². The molecule has 3 heteroatoms. The van der Waals surface area contributed by atoms with E-state index in [1.807, 2.05) is 30.3 Å². The second-order valence-corrected chi connectivity index (χ2v) is 3.44. The third-order valence-electron chi connectivity index (χ3n) is 2.51. The molecule has 0 spiro atoms. The van der Waals surface area contributed by atoms with E-state index >= 15 is 0 Å². The highest BCUT2D eigenvalue weighted by molar-refractivity contribution is 6.10. The minimum atomic E-state index is 0.739. The molecule has 3 rings (SSSR count). The van der Waals surface area contributed by atoms with E-state index in [0.29, 0.717) is 0 Å². The Hall–Kier alpha value is -2.16. The summed E-state index contributed by atoms with van der Waals surface area (Å²) < 4.78 is 0. The standard InChI is InChI=1S/C12H9N3/c13-10-5-1-3-8-7-15-12-9(11(8)10)4-2-6-14-12/h1-7H,13H2. The lowest BCUT2D eigenvalue weighted by atomic mass is 10.1. The van der Waals surface area contributed by atoms with E-state index in [4.69, 9.17) is 5.73 Å². The van der Waals surface area contributed by atoms with Crippen LogP contribution in [0.25, 0.3) is 21.8 Å². The van der Waals surface area contributed by atoms with Gasteiger partial charge in [0.2, 0.25) is 0 Å². The largest absolute Gasteiger partial charge is 0.398 e. The number of hydrogen-bond donors (Lipinski definition) is 1. The van der Waals surface area contributed by atoms with Gasteiger partial charge in [-0.1, -0.05) is 12.1 Å². The summed E-state index contributed by atoms with van der Waals surface area (Å²) in [6.45, 7) is 0. The Labute approximate surface area is 86.6 Å². The van der Waals surface area contributed by atoms with Gasteiger partial charge in [-0.15, -0.1) is 0 Å². The summed E-state index contributed by atoms with van der Waals surface area (Å²) in [5, 5.41) is 3.10. The number of hydrogen-bond acceptors (Lipinski definition) is 3. The zero-order chi connectivity index (χ0) is 10.3. The van der Waals surface area contributed by atoms with Crippen molar-refractivity contribution in [2.24, 2.45) is 0 Å². The summed E-state index contributed by atoms with van der Waals surface area (Å²) in [4.78, 5) is 8.49. The molecule has 3 nitrogen and oxygen atoms in total. The van der Waals surface area contributed by atoms with Crippen molar-refractivity contribution in [3.8, 4) is 0 Å². The van der Waals surface area contributed by atoms with Gasteiger partial charge in [-0.05, 0) is 18.2 Å². The van der Waals surface area contributed by atoms with Crippen molar-refractivity contribution in [2.45, 2.75) is 0 Å². The molecule has 72 valence electrons. The van der Waals surface area contributed by atoms with E-state index in [-0.39, 0.29) is 0 Å². The smallest absolute Gasteiger partial charge is 0.159 e. The topological polar surface area (TPSA) is 51.8 Å². The van der Waals surface area contributed by atoms with E-state index < -0.39 is 0 Å². The molecular weight excluding hydrogens is 186 g/mol. The number of benzene rings is 1. The van der Waals surface area contributed by atoms with Crippen LogP contribution < -0.4 is 5.73 Å². The summed E-state index contributed by atoms with van der Waals surface area (Å²) in [5.74, 6) is 0. The number of aromatic nitrogens is 2. The predicted octanol–water partition coefficient (Wildman–Crippen LogP) is 2.37. The normalized spacial score (nSPS) is 10.9. The summed E-state index contributed by atoms with van der Waals surface area (Å²) in [5.41, 5.74) is 7.48. The van der Waals surface area contributed by atoms with Gasteiger partial charge in [0.1, 0.15) is 0 Å². The molecule has 0 saturated heterocycles. The van der Waals surface area contributed by atoms with Crippen LogP contribution in [0.5, 0.6) is 0 Å². The molecule has 0 atom stereocenters. The first kappa shape index (κ1) is 8.17. The highest BCUT2D eigenvalue weighted by Gasteiger charge is 2.03. The average molecular weight is 195 g/mol. The predicted molar refractivity (Wildman–Crippen MR) is 61.5 cm³/mol. The second kappa shape index (κ2) is 2.92. The Morgan fingerprint density at radius 1 is 1.00 bits per heavy atom. The van der Waals surface area contributed by atoms with Crippen LogP contribution in [0.1, 0.15) is 0 Å². The van der Waals surface area contributed by atoms with Crippen LogP contribution in [-0.4, -0.2) is 9.97 Å². The van der Waals surface area contributed by atoms with Gasteiger partial charge in [0.15, 0.2) is 5.65 Å². The number of anilines is 1. The van der Waals surface area contributed by atoms with Crippen LogP contribution in [0.3, 0.4) is 0 Å². The van der Waals surface area contributed by atoms with Crippen LogP contribution in [0, 0.1) is 0 Å². The quantitative estimate of drug-likeness (QED) is 0.442. The van der Waals surface area contributed by atoms with Gasteiger partial charge in [-0.3, -0.25) is 0 Å². The molecule has 0 saturated carbocycles. The van der Waals surface area contributed by atoms with E-state index in [1.54, 1.807) is 12.4 Å². The van der Waals surface area contributed by atoms with Crippen LogP contribution >= 0.6 is 0 Å². The maximum Gasteiger partial charge on any atom is 0.159 e. The summed E-state index contributed by atoms with van der Waals surface area (Å²) in [6, 6.07) is 9.73. The zero-order valence-corrected chi connectivity index (χ0v) is 8.01. The van der Waals surface area contributed by atoms with E-state index in [0.717, 1.165) is 27.5 Å². The maximum absolute atomic E-state index is 5.97. The highest BCUT2D eigenvalue weighted by atomic mass is 14.8. The first-order valence-corrected chi connectivity index (χ1v) is 4.74. The van der Waals surface area contributed by atoms with Gasteiger partial charge in [-0.25, -0.2) is 9.97 Å². The van der Waals surface area contributed by atoms with Gasteiger partial charge in [0.05, 0.1) is 0 Å². The van der Waals surface area contributed by atoms with E-state index in [9.17, 15) is 0 Å². The average Bonchev–Trinajstić information content (AvgIpc) is 2.29. The molecule has 2 heterocycles. The molecule has 2 N–H and O–H groups in total. The van der Waals surface area contributed by atoms with Crippen molar-refractivity contribution in [3.63, 3.8) is 0 Å². The summed E-state index contributed by atoms with van der Waals surface area (Å²) in [6.07, 6.45) is 3.54. The first-order valence-electron chi connectivity index (χ1n) is 4.74. The fraction of sp³-hybridized carbons (Fsp3) is 0. The molecule has 0 aliphatic rings. The third kappa shape index (κ3) is 1.13. The lowest BCUT2D eigenvalue weighted by molar-refractivity contribution is 1.30. The summed E-state index contributed by atoms with van der Waals surface area (Å²) in [7, 11) is 0. The molecule has 15 heavy (non-hydrogen) atoms. The molecule has 0 bridgehead atoms. The molecule has 0 aliphatic heterocycles. The third-order valence-corrected chi connectivity index (χ3v) is 2.51. The Bertz CT molecular complexity index is 646. The van der Waals surface area contributed by atoms with Gasteiger partial charge in [0.25, 0.3) is 0 Å². The van der Waals surface area contributed by atoms with E-state index in [1.165, 1.54) is 0 Å². The van der Waals surface area contributed by atoms with Gasteiger partial charge >= 0.3 is 0 Å². The number of pyridine rings is 2. The molecule has 1 aromatic carbocycles. The molecule has 3 aromatic rings. The van der Waals surface area contributed by atoms with E-state index in [2.05, 4.69) is 9.97 Å². The lowest BCUT2D eigenvalue weighted by Gasteiger charge is -2.04. The molecule has 0 amide bonds. The second-order valence-electron chi connectivity index (χ2n) is 3.44. The number of nitrogens with two attached hydrogens (primary N) is 1. The molecule has 0 radical (unpaired) electrons. The van der Waals surface area contributed by atoms with Crippen LogP contribution in [0.4, 0.5) is 5.69 Å². The molecule has 0 aliphatic carbocycles. The minimum Gasteiger partial charge on any atom is -0.398 e. The van der Waals surface area contributed by atoms with Gasteiger partial charge in [-0.2, -0.15) is 0 Å². The van der Waals surface area contributed by atoms with Crippen LogP contribution in [0.15, 0.2) is 42.7 Å². The van der Waals surface area contributed by atoms with Crippen molar-refractivity contribution in [3.05, 3.63) is 42.7 Å². The number of rotatable bonds is 0. The fourth-order valence-electron chi connectivity index (χ4n) is 1.83. The molecule has 0 unspecified atom stereocenters. The Kier molecular flexibility index (Phi) is 1.59. The van der Waals surface area contributed by atoms with Crippen molar-refractivity contribution >= 4 is 27.5 Å². The van der Waals surface area contributed by atoms with Crippen LogP contribution in [0.2, 0.25) is 0 Å². The van der Waals surface area contributed by atoms with Crippen molar-refractivity contribution in [1.29, 1.82) is 0 Å². The number of fused-ring (bicyclic) bond motifs is 3. The number of nitrogen functional groups attached to an aromatic ring is 1. The Morgan fingerprint density at radius 2 is 1.93 bits per heavy atom. The van der Waals surface area contributed by atoms with Crippen molar-refractivity contribution < 1.29 is 0 Å². The Morgan fingerprint density at radius 3 is 2.87 bits per heavy atom. The zero-order valence-electron chi connectivity index (χ0n) is 8.01. The highest BCUT2D eigenvalue weighted by Crippen LogP contribution is 2.26. The minimum absolute atomic E-state index is 0.739. The SMILES string of the molecule is Nc1cccc2cnc3ncccc3c12. The molecule has 2 aromatic heterocycles. The lowest BCUT2D eigenvalue weighted by Crippen LogP contribution is -1.90. The number of nitrogens with zero attached hydrogens (tertiary/aromatic N) is 2.